The summed E-state index contributed by atoms with van der Waals surface area (Å²) in [4.78, 5) is 2.19. The summed E-state index contributed by atoms with van der Waals surface area (Å²) in [5, 5.41) is 0. The van der Waals surface area contributed by atoms with E-state index in [9.17, 15) is 4.39 Å². The lowest BCUT2D eigenvalue weighted by atomic mass is 9.99. The van der Waals surface area contributed by atoms with Crippen LogP contribution in [0.5, 0.6) is 0 Å². The molecule has 0 aromatic heterocycles. The standard InChI is InChI=1S/C14H18FN/c1-3-4-5-13-8-6-11-10-12(15)7-9-14(11)16(13)2/h5,7,9-10H,3-4,6,8H2,1-2H3/b13-5-. The third-order valence-corrected chi connectivity index (χ3v) is 3.15. The number of nitrogens with zero attached hydrogens (tertiary/aromatic N) is 1. The molecule has 0 amide bonds. The molecule has 0 radical (unpaired) electrons. The van der Waals surface area contributed by atoms with Gasteiger partial charge in [-0.15, -0.1) is 0 Å². The zero-order valence-electron chi connectivity index (χ0n) is 9.96. The number of hydrogen-bond acceptors (Lipinski definition) is 1. The van der Waals surface area contributed by atoms with Crippen LogP contribution in [0.25, 0.3) is 0 Å². The van der Waals surface area contributed by atoms with Gasteiger partial charge in [0.2, 0.25) is 0 Å². The summed E-state index contributed by atoms with van der Waals surface area (Å²) in [7, 11) is 2.07. The van der Waals surface area contributed by atoms with Gasteiger partial charge in [0.15, 0.2) is 0 Å². The van der Waals surface area contributed by atoms with Crippen molar-refractivity contribution in [1.29, 1.82) is 0 Å². The zero-order valence-corrected chi connectivity index (χ0v) is 9.96. The molecule has 1 nitrogen and oxygen atoms in total. The predicted octanol–water partition coefficient (Wildman–Crippen LogP) is 3.89. The van der Waals surface area contributed by atoms with E-state index in [1.807, 2.05) is 6.07 Å². The summed E-state index contributed by atoms with van der Waals surface area (Å²) in [6, 6.07) is 5.07. The number of allylic oxidation sites excluding steroid dienone is 2. The van der Waals surface area contributed by atoms with Gasteiger partial charge in [-0.1, -0.05) is 19.4 Å². The first kappa shape index (κ1) is 11.2. The SMILES string of the molecule is CCC/C=C1/CCc2cc(F)ccc2N1C. The summed E-state index contributed by atoms with van der Waals surface area (Å²) in [5.41, 5.74) is 3.63. The Morgan fingerprint density at radius 3 is 2.94 bits per heavy atom. The Hall–Kier alpha value is -1.31. The first-order valence-corrected chi connectivity index (χ1v) is 5.93. The molecule has 0 fully saturated rings. The molecule has 0 unspecified atom stereocenters. The van der Waals surface area contributed by atoms with Gasteiger partial charge in [-0.2, -0.15) is 0 Å². The van der Waals surface area contributed by atoms with E-state index in [-0.39, 0.29) is 5.82 Å². The molecule has 16 heavy (non-hydrogen) atoms. The molecular weight excluding hydrogens is 201 g/mol. The third-order valence-electron chi connectivity index (χ3n) is 3.15. The van der Waals surface area contributed by atoms with Gasteiger partial charge in [0.25, 0.3) is 0 Å². The van der Waals surface area contributed by atoms with Crippen LogP contribution < -0.4 is 4.90 Å². The van der Waals surface area contributed by atoms with E-state index < -0.39 is 0 Å². The van der Waals surface area contributed by atoms with Crippen LogP contribution in [0.4, 0.5) is 10.1 Å². The summed E-state index contributed by atoms with van der Waals surface area (Å²) in [6.45, 7) is 2.18. The molecule has 0 saturated heterocycles. The Kier molecular flexibility index (Phi) is 3.28. The Labute approximate surface area is 96.6 Å². The quantitative estimate of drug-likeness (QED) is 0.729. The van der Waals surface area contributed by atoms with Crippen molar-refractivity contribution in [1.82, 2.24) is 0 Å². The average molecular weight is 219 g/mol. The maximum absolute atomic E-state index is 13.1. The van der Waals surface area contributed by atoms with E-state index in [1.165, 1.54) is 18.2 Å². The van der Waals surface area contributed by atoms with Crippen LogP contribution in [0.15, 0.2) is 30.0 Å². The molecule has 1 aliphatic rings. The van der Waals surface area contributed by atoms with Crippen LogP contribution >= 0.6 is 0 Å². The number of anilines is 1. The van der Waals surface area contributed by atoms with Crippen LogP contribution in [-0.2, 0) is 6.42 Å². The van der Waals surface area contributed by atoms with Gasteiger partial charge < -0.3 is 4.90 Å². The van der Waals surface area contributed by atoms with Crippen molar-refractivity contribution >= 4 is 5.69 Å². The van der Waals surface area contributed by atoms with E-state index in [4.69, 9.17) is 0 Å². The molecular formula is C14H18FN. The lowest BCUT2D eigenvalue weighted by Crippen LogP contribution is -2.22. The van der Waals surface area contributed by atoms with Gasteiger partial charge in [-0.05, 0) is 43.0 Å². The van der Waals surface area contributed by atoms with Crippen molar-refractivity contribution in [3.8, 4) is 0 Å². The monoisotopic (exact) mass is 219 g/mol. The zero-order chi connectivity index (χ0) is 11.5. The Morgan fingerprint density at radius 2 is 2.19 bits per heavy atom. The molecule has 0 N–H and O–H groups in total. The first-order valence-electron chi connectivity index (χ1n) is 5.93. The van der Waals surface area contributed by atoms with Crippen molar-refractivity contribution in [3.63, 3.8) is 0 Å². The van der Waals surface area contributed by atoms with Gasteiger partial charge in [-0.25, -0.2) is 4.39 Å². The van der Waals surface area contributed by atoms with Gasteiger partial charge in [0.1, 0.15) is 5.82 Å². The molecule has 1 aliphatic heterocycles. The predicted molar refractivity (Wildman–Crippen MR) is 66.1 cm³/mol. The van der Waals surface area contributed by atoms with E-state index in [0.717, 1.165) is 30.5 Å². The van der Waals surface area contributed by atoms with E-state index >= 15 is 0 Å². The van der Waals surface area contributed by atoms with E-state index in [2.05, 4.69) is 24.9 Å². The molecule has 2 rings (SSSR count). The number of fused-ring (bicyclic) bond motifs is 1. The van der Waals surface area contributed by atoms with Gasteiger partial charge in [0.05, 0.1) is 0 Å². The minimum atomic E-state index is -0.131. The van der Waals surface area contributed by atoms with Crippen LogP contribution in [0.3, 0.4) is 0 Å². The third kappa shape index (κ3) is 2.11. The number of benzene rings is 1. The van der Waals surface area contributed by atoms with Gasteiger partial charge in [-0.3, -0.25) is 0 Å². The maximum atomic E-state index is 13.1. The Morgan fingerprint density at radius 1 is 1.38 bits per heavy atom. The highest BCUT2D eigenvalue weighted by Gasteiger charge is 2.17. The molecule has 0 spiro atoms. The van der Waals surface area contributed by atoms with Crippen LogP contribution in [-0.4, -0.2) is 7.05 Å². The molecule has 86 valence electrons. The van der Waals surface area contributed by atoms with Crippen LogP contribution in [0.2, 0.25) is 0 Å². The van der Waals surface area contributed by atoms with Crippen LogP contribution in [0, 0.1) is 5.82 Å². The molecule has 1 aromatic carbocycles. The molecule has 1 heterocycles. The van der Waals surface area contributed by atoms with Crippen molar-refractivity contribution in [2.45, 2.75) is 32.6 Å². The fourth-order valence-electron chi connectivity index (χ4n) is 2.22. The fourth-order valence-corrected chi connectivity index (χ4v) is 2.22. The topological polar surface area (TPSA) is 3.24 Å². The Balaban J connectivity index is 2.28. The van der Waals surface area contributed by atoms with Crippen molar-refractivity contribution in [2.24, 2.45) is 0 Å². The number of unbranched alkanes of at least 4 members (excludes halogenated alkanes) is 1. The molecule has 0 saturated carbocycles. The summed E-state index contributed by atoms with van der Waals surface area (Å²) < 4.78 is 13.1. The number of aryl methyl sites for hydroxylation is 1. The molecule has 0 aliphatic carbocycles. The highest BCUT2D eigenvalue weighted by Crippen LogP contribution is 2.32. The van der Waals surface area contributed by atoms with E-state index in [1.54, 1.807) is 6.07 Å². The molecule has 2 heteroatoms. The second-order valence-electron chi connectivity index (χ2n) is 4.32. The van der Waals surface area contributed by atoms with Gasteiger partial charge >= 0.3 is 0 Å². The normalized spacial score (nSPS) is 17.7. The summed E-state index contributed by atoms with van der Waals surface area (Å²) >= 11 is 0. The summed E-state index contributed by atoms with van der Waals surface area (Å²) in [5.74, 6) is -0.131. The smallest absolute Gasteiger partial charge is 0.123 e. The van der Waals surface area contributed by atoms with Crippen LogP contribution in [0.1, 0.15) is 31.7 Å². The number of halogens is 1. The number of hydrogen-bond donors (Lipinski definition) is 0. The lowest BCUT2D eigenvalue weighted by Gasteiger charge is -2.30. The molecule has 0 atom stereocenters. The fraction of sp³-hybridized carbons (Fsp3) is 0.429. The highest BCUT2D eigenvalue weighted by molar-refractivity contribution is 5.60. The van der Waals surface area contributed by atoms with Gasteiger partial charge in [0, 0.05) is 18.4 Å². The first-order chi connectivity index (χ1) is 7.72. The largest absolute Gasteiger partial charge is 0.348 e. The number of rotatable bonds is 2. The minimum absolute atomic E-state index is 0.131. The second kappa shape index (κ2) is 4.69. The van der Waals surface area contributed by atoms with E-state index in [0.29, 0.717) is 0 Å². The lowest BCUT2D eigenvalue weighted by molar-refractivity contribution is 0.623. The molecule has 1 aromatic rings. The minimum Gasteiger partial charge on any atom is -0.348 e. The average Bonchev–Trinajstić information content (AvgIpc) is 2.28. The van der Waals surface area contributed by atoms with Crippen molar-refractivity contribution in [3.05, 3.63) is 41.4 Å². The van der Waals surface area contributed by atoms with Crippen molar-refractivity contribution < 1.29 is 4.39 Å². The summed E-state index contributed by atoms with van der Waals surface area (Å²) in [6.07, 6.45) is 6.57. The second-order valence-corrected chi connectivity index (χ2v) is 4.32. The Bertz CT molecular complexity index is 409. The highest BCUT2D eigenvalue weighted by atomic mass is 19.1. The molecule has 0 bridgehead atoms. The van der Waals surface area contributed by atoms with Crippen molar-refractivity contribution in [2.75, 3.05) is 11.9 Å². The maximum Gasteiger partial charge on any atom is 0.123 e.